The van der Waals surface area contributed by atoms with Crippen LogP contribution in [-0.2, 0) is 39.2 Å². The number of halogens is 3. The third kappa shape index (κ3) is 8.45. The summed E-state index contributed by atoms with van der Waals surface area (Å²) in [4.78, 5) is 21.1. The maximum atomic E-state index is 13.1. The third-order valence-electron chi connectivity index (χ3n) is 6.29. The van der Waals surface area contributed by atoms with E-state index in [2.05, 4.69) is 17.9 Å². The number of carbonyl (C=O) groups excluding carboxylic acids is 1. The van der Waals surface area contributed by atoms with Gasteiger partial charge in [-0.1, -0.05) is 25.5 Å². The van der Waals surface area contributed by atoms with Gasteiger partial charge in [-0.2, -0.15) is 13.2 Å². The molecule has 0 unspecified atom stereocenters. The summed E-state index contributed by atoms with van der Waals surface area (Å²) < 4.78 is 55.4. The van der Waals surface area contributed by atoms with Gasteiger partial charge in [-0.05, 0) is 49.2 Å². The molecule has 0 amide bonds. The molecule has 1 aliphatic rings. The Kier molecular flexibility index (Phi) is 10.9. The summed E-state index contributed by atoms with van der Waals surface area (Å²) in [6, 6.07) is 11.1. The lowest BCUT2D eigenvalue weighted by Crippen LogP contribution is -2.35. The molecule has 0 aliphatic carbocycles. The zero-order valence-corrected chi connectivity index (χ0v) is 24.2. The normalized spacial score (nSPS) is 14.3. The van der Waals surface area contributed by atoms with Crippen LogP contribution in [0, 0.1) is 0 Å². The molecule has 11 heteroatoms. The molecule has 1 aliphatic heterocycles. The maximum absolute atomic E-state index is 13.1. The van der Waals surface area contributed by atoms with Crippen LogP contribution in [0.5, 0.6) is 5.75 Å². The summed E-state index contributed by atoms with van der Waals surface area (Å²) in [6.07, 6.45) is -2.63. The van der Waals surface area contributed by atoms with Crippen LogP contribution in [0.25, 0.3) is 10.6 Å². The van der Waals surface area contributed by atoms with E-state index in [4.69, 9.17) is 19.2 Å². The summed E-state index contributed by atoms with van der Waals surface area (Å²) in [7, 11) is 0. The Morgan fingerprint density at radius 1 is 1.12 bits per heavy atom. The molecular weight excluding hydrogens is 561 g/mol. The van der Waals surface area contributed by atoms with E-state index >= 15 is 0 Å². The fourth-order valence-corrected chi connectivity index (χ4v) is 6.39. The number of thioether (sulfide) groups is 1. The van der Waals surface area contributed by atoms with Crippen LogP contribution in [0.4, 0.5) is 13.2 Å². The van der Waals surface area contributed by atoms with Crippen LogP contribution in [0.3, 0.4) is 0 Å². The van der Waals surface area contributed by atoms with Crippen molar-refractivity contribution in [2.24, 2.45) is 0 Å². The lowest BCUT2D eigenvalue weighted by Gasteiger charge is -2.26. The molecule has 3 aromatic rings. The van der Waals surface area contributed by atoms with Crippen LogP contribution >= 0.6 is 23.1 Å². The minimum Gasteiger partial charge on any atom is -0.482 e. The molecule has 6 nitrogen and oxygen atoms in total. The van der Waals surface area contributed by atoms with Crippen molar-refractivity contribution in [1.82, 2.24) is 9.88 Å². The van der Waals surface area contributed by atoms with Gasteiger partial charge < -0.3 is 14.2 Å². The Hall–Kier alpha value is -2.60. The summed E-state index contributed by atoms with van der Waals surface area (Å²) >= 11 is 3.20. The Labute approximate surface area is 240 Å². The molecule has 40 heavy (non-hydrogen) atoms. The molecule has 0 atom stereocenters. The summed E-state index contributed by atoms with van der Waals surface area (Å²) in [5.74, 6) is 0.951. The van der Waals surface area contributed by atoms with E-state index in [1.807, 2.05) is 12.1 Å². The predicted octanol–water partition coefficient (Wildman–Crippen LogP) is 6.85. The number of esters is 1. The highest BCUT2D eigenvalue weighted by Gasteiger charge is 2.30. The van der Waals surface area contributed by atoms with Gasteiger partial charge in [0.2, 0.25) is 0 Å². The summed E-state index contributed by atoms with van der Waals surface area (Å²) in [5.41, 5.74) is 1.97. The van der Waals surface area contributed by atoms with Gasteiger partial charge in [0.15, 0.2) is 6.61 Å². The molecule has 2 aromatic carbocycles. The SMILES string of the molecule is CCCc1cc(SCc2sc(-c3ccc(C(F)(F)F)cc3)nc2CN2CCOCC2)ccc1OCC(=O)OCC. The number of benzene rings is 2. The minimum atomic E-state index is -4.37. The number of hydrogen-bond donors (Lipinski definition) is 0. The number of carbonyl (C=O) groups is 1. The molecule has 0 radical (unpaired) electrons. The Morgan fingerprint density at radius 2 is 1.88 bits per heavy atom. The second-order valence-corrected chi connectivity index (χ2v) is 11.4. The van der Waals surface area contributed by atoms with Crippen LogP contribution in [-0.4, -0.2) is 55.4 Å². The first-order chi connectivity index (χ1) is 19.3. The zero-order valence-electron chi connectivity index (χ0n) is 22.6. The van der Waals surface area contributed by atoms with Crippen molar-refractivity contribution in [3.8, 4) is 16.3 Å². The second-order valence-electron chi connectivity index (χ2n) is 9.25. The van der Waals surface area contributed by atoms with Crippen molar-refractivity contribution in [2.45, 2.75) is 50.1 Å². The number of nitrogens with zero attached hydrogens (tertiary/aromatic N) is 2. The quantitative estimate of drug-likeness (QED) is 0.168. The van der Waals surface area contributed by atoms with Crippen molar-refractivity contribution in [3.63, 3.8) is 0 Å². The first-order valence-electron chi connectivity index (χ1n) is 13.3. The van der Waals surface area contributed by atoms with E-state index in [1.54, 1.807) is 18.7 Å². The van der Waals surface area contributed by atoms with E-state index < -0.39 is 17.7 Å². The van der Waals surface area contributed by atoms with Gasteiger partial charge in [0.25, 0.3) is 0 Å². The van der Waals surface area contributed by atoms with Gasteiger partial charge in [0.05, 0.1) is 31.1 Å². The first-order valence-corrected chi connectivity index (χ1v) is 15.1. The van der Waals surface area contributed by atoms with Crippen LogP contribution < -0.4 is 4.74 Å². The summed E-state index contributed by atoms with van der Waals surface area (Å²) in [6.45, 7) is 7.66. The van der Waals surface area contributed by atoms with Crippen LogP contribution in [0.2, 0.25) is 0 Å². The first kappa shape index (κ1) is 30.4. The zero-order chi connectivity index (χ0) is 28.5. The average Bonchev–Trinajstić information content (AvgIpc) is 3.34. The molecule has 0 saturated carbocycles. The molecule has 1 aromatic heterocycles. The monoisotopic (exact) mass is 594 g/mol. The fraction of sp³-hybridized carbons (Fsp3) is 0.448. The van der Waals surface area contributed by atoms with Gasteiger partial charge in [0, 0.05) is 40.7 Å². The van der Waals surface area contributed by atoms with Crippen molar-refractivity contribution >= 4 is 29.1 Å². The lowest BCUT2D eigenvalue weighted by atomic mass is 10.1. The van der Waals surface area contributed by atoms with E-state index in [1.165, 1.54) is 23.5 Å². The standard InChI is InChI=1S/C29H33F3N2O4S2/c1-3-5-21-16-23(10-11-25(21)38-18-27(35)37-4-2)39-19-26-24(17-34-12-14-36-15-13-34)33-28(40-26)20-6-8-22(9-7-20)29(30,31)32/h6-11,16H,3-5,12-15,17-19H2,1-2H3. The number of hydrogen-bond acceptors (Lipinski definition) is 8. The van der Waals surface area contributed by atoms with Crippen molar-refractivity contribution < 1.29 is 32.2 Å². The highest BCUT2D eigenvalue weighted by Crippen LogP contribution is 2.36. The molecule has 216 valence electrons. The molecule has 1 saturated heterocycles. The van der Waals surface area contributed by atoms with Gasteiger partial charge >= 0.3 is 12.1 Å². The Balaban J connectivity index is 1.52. The number of aromatic nitrogens is 1. The maximum Gasteiger partial charge on any atom is 0.416 e. The number of ether oxygens (including phenoxy) is 3. The minimum absolute atomic E-state index is 0.129. The lowest BCUT2D eigenvalue weighted by molar-refractivity contribution is -0.145. The van der Waals surface area contributed by atoms with Crippen molar-refractivity contribution in [1.29, 1.82) is 0 Å². The Bertz CT molecular complexity index is 1260. The molecule has 1 fully saturated rings. The number of morpholine rings is 1. The average molecular weight is 595 g/mol. The van der Waals surface area contributed by atoms with E-state index in [-0.39, 0.29) is 6.61 Å². The fourth-order valence-electron chi connectivity index (χ4n) is 4.26. The molecule has 2 heterocycles. The van der Waals surface area contributed by atoms with E-state index in [0.717, 1.165) is 59.1 Å². The molecule has 0 N–H and O–H groups in total. The van der Waals surface area contributed by atoms with Crippen molar-refractivity contribution in [3.05, 3.63) is 64.2 Å². The topological polar surface area (TPSA) is 60.9 Å². The second kappa shape index (κ2) is 14.3. The van der Waals surface area contributed by atoms with E-state index in [0.29, 0.717) is 48.4 Å². The van der Waals surface area contributed by atoms with E-state index in [9.17, 15) is 18.0 Å². The third-order valence-corrected chi connectivity index (χ3v) is 8.64. The molecular formula is C29H33F3N2O4S2. The highest BCUT2D eigenvalue weighted by atomic mass is 32.2. The van der Waals surface area contributed by atoms with Crippen LogP contribution in [0.15, 0.2) is 47.4 Å². The molecule has 0 spiro atoms. The van der Waals surface area contributed by atoms with Crippen LogP contribution in [0.1, 0.15) is 42.0 Å². The predicted molar refractivity (Wildman–Crippen MR) is 151 cm³/mol. The number of alkyl halides is 3. The van der Waals surface area contributed by atoms with Crippen molar-refractivity contribution in [2.75, 3.05) is 39.5 Å². The smallest absolute Gasteiger partial charge is 0.416 e. The number of thiazole rings is 1. The number of aryl methyl sites for hydroxylation is 1. The Morgan fingerprint density at radius 3 is 2.55 bits per heavy atom. The summed E-state index contributed by atoms with van der Waals surface area (Å²) in [5, 5.41) is 0.710. The van der Waals surface area contributed by atoms with Gasteiger partial charge in [0.1, 0.15) is 10.8 Å². The largest absolute Gasteiger partial charge is 0.482 e. The highest BCUT2D eigenvalue weighted by molar-refractivity contribution is 7.98. The van der Waals surface area contributed by atoms with Gasteiger partial charge in [-0.3, -0.25) is 4.90 Å². The number of rotatable bonds is 12. The van der Waals surface area contributed by atoms with Gasteiger partial charge in [-0.25, -0.2) is 9.78 Å². The molecule has 0 bridgehead atoms. The van der Waals surface area contributed by atoms with Gasteiger partial charge in [-0.15, -0.1) is 23.1 Å². The molecule has 4 rings (SSSR count).